The molecule has 0 saturated heterocycles. The Hall–Kier alpha value is -0.0800. The number of hydrogen-bond acceptors (Lipinski definition) is 2. The van der Waals surface area contributed by atoms with Crippen molar-refractivity contribution in [2.24, 2.45) is 11.3 Å². The molecule has 1 rings (SSSR count). The second-order valence-corrected chi connectivity index (χ2v) is 6.70. The van der Waals surface area contributed by atoms with Crippen molar-refractivity contribution in [2.75, 3.05) is 6.61 Å². The first-order valence-corrected chi connectivity index (χ1v) is 7.34. The minimum atomic E-state index is 0.308. The molecule has 1 aliphatic carbocycles. The van der Waals surface area contributed by atoms with Crippen LogP contribution in [0, 0.1) is 11.3 Å². The highest BCUT2D eigenvalue weighted by Crippen LogP contribution is 2.37. The van der Waals surface area contributed by atoms with E-state index in [0.717, 1.165) is 18.8 Å². The molecule has 0 aromatic carbocycles. The number of nitrogens with one attached hydrogen (secondary N) is 1. The Morgan fingerprint density at radius 2 is 1.76 bits per heavy atom. The predicted octanol–water partition coefficient (Wildman–Crippen LogP) is 3.34. The quantitative estimate of drug-likeness (QED) is 0.773. The highest BCUT2D eigenvalue weighted by atomic mass is 16.3. The standard InChI is InChI=1S/C15H31NO/c1-5-13(10-11-17)16-14-8-6-12(7-9-14)15(2,3)4/h12-14,16-17H,5-11H2,1-4H3. The van der Waals surface area contributed by atoms with Crippen molar-refractivity contribution in [3.8, 4) is 0 Å². The lowest BCUT2D eigenvalue weighted by atomic mass is 9.71. The lowest BCUT2D eigenvalue weighted by Crippen LogP contribution is -2.42. The largest absolute Gasteiger partial charge is 0.396 e. The average Bonchev–Trinajstić information content (AvgIpc) is 2.28. The van der Waals surface area contributed by atoms with Gasteiger partial charge in [-0.05, 0) is 49.9 Å². The maximum atomic E-state index is 9.01. The van der Waals surface area contributed by atoms with Gasteiger partial charge in [0.2, 0.25) is 0 Å². The van der Waals surface area contributed by atoms with Crippen LogP contribution in [0.15, 0.2) is 0 Å². The van der Waals surface area contributed by atoms with Crippen molar-refractivity contribution in [3.05, 3.63) is 0 Å². The number of aliphatic hydroxyl groups excluding tert-OH is 1. The van der Waals surface area contributed by atoms with Gasteiger partial charge in [-0.25, -0.2) is 0 Å². The van der Waals surface area contributed by atoms with Gasteiger partial charge in [-0.1, -0.05) is 27.7 Å². The van der Waals surface area contributed by atoms with Crippen LogP contribution in [-0.2, 0) is 0 Å². The predicted molar refractivity (Wildman–Crippen MR) is 74.1 cm³/mol. The van der Waals surface area contributed by atoms with Crippen molar-refractivity contribution >= 4 is 0 Å². The lowest BCUT2D eigenvalue weighted by Gasteiger charge is -2.38. The van der Waals surface area contributed by atoms with Crippen LogP contribution in [0.25, 0.3) is 0 Å². The molecule has 1 aliphatic rings. The summed E-state index contributed by atoms with van der Waals surface area (Å²) < 4.78 is 0. The third-order valence-electron chi connectivity index (χ3n) is 4.39. The monoisotopic (exact) mass is 241 g/mol. The van der Waals surface area contributed by atoms with Crippen molar-refractivity contribution in [1.82, 2.24) is 5.32 Å². The van der Waals surface area contributed by atoms with E-state index in [2.05, 4.69) is 33.0 Å². The van der Waals surface area contributed by atoms with Gasteiger partial charge in [-0.15, -0.1) is 0 Å². The highest BCUT2D eigenvalue weighted by Gasteiger charge is 2.30. The second kappa shape index (κ2) is 6.75. The Morgan fingerprint density at radius 3 is 2.18 bits per heavy atom. The number of hydrogen-bond donors (Lipinski definition) is 2. The molecule has 1 atom stereocenters. The summed E-state index contributed by atoms with van der Waals surface area (Å²) in [6.07, 6.45) is 7.36. The molecule has 0 spiro atoms. The average molecular weight is 241 g/mol. The van der Waals surface area contributed by atoms with Crippen LogP contribution in [0.2, 0.25) is 0 Å². The summed E-state index contributed by atoms with van der Waals surface area (Å²) >= 11 is 0. The maximum absolute atomic E-state index is 9.01. The number of rotatable bonds is 5. The Morgan fingerprint density at radius 1 is 1.18 bits per heavy atom. The van der Waals surface area contributed by atoms with E-state index < -0.39 is 0 Å². The first-order valence-electron chi connectivity index (χ1n) is 7.34. The molecule has 0 amide bonds. The fraction of sp³-hybridized carbons (Fsp3) is 1.00. The summed E-state index contributed by atoms with van der Waals surface area (Å²) in [5, 5.41) is 12.7. The van der Waals surface area contributed by atoms with E-state index >= 15 is 0 Å². The molecule has 0 radical (unpaired) electrons. The van der Waals surface area contributed by atoms with E-state index in [1.54, 1.807) is 0 Å². The Kier molecular flexibility index (Phi) is 5.94. The second-order valence-electron chi connectivity index (χ2n) is 6.70. The van der Waals surface area contributed by atoms with Gasteiger partial charge >= 0.3 is 0 Å². The van der Waals surface area contributed by atoms with Crippen LogP contribution in [0.1, 0.15) is 66.2 Å². The molecule has 0 aromatic heterocycles. The topological polar surface area (TPSA) is 32.3 Å². The highest BCUT2D eigenvalue weighted by molar-refractivity contribution is 4.84. The zero-order valence-electron chi connectivity index (χ0n) is 12.1. The molecular weight excluding hydrogens is 210 g/mol. The van der Waals surface area contributed by atoms with Gasteiger partial charge < -0.3 is 10.4 Å². The lowest BCUT2D eigenvalue weighted by molar-refractivity contribution is 0.152. The summed E-state index contributed by atoms with van der Waals surface area (Å²) in [5.41, 5.74) is 0.472. The van der Waals surface area contributed by atoms with Crippen LogP contribution in [0.3, 0.4) is 0 Å². The molecule has 2 nitrogen and oxygen atoms in total. The zero-order valence-corrected chi connectivity index (χ0v) is 12.1. The van der Waals surface area contributed by atoms with Gasteiger partial charge in [0.25, 0.3) is 0 Å². The summed E-state index contributed by atoms with van der Waals surface area (Å²) in [4.78, 5) is 0. The summed E-state index contributed by atoms with van der Waals surface area (Å²) in [6, 6.07) is 1.20. The molecule has 2 N–H and O–H groups in total. The van der Waals surface area contributed by atoms with Crippen LogP contribution in [-0.4, -0.2) is 23.8 Å². The van der Waals surface area contributed by atoms with Crippen LogP contribution in [0.4, 0.5) is 0 Å². The van der Waals surface area contributed by atoms with Crippen molar-refractivity contribution < 1.29 is 5.11 Å². The molecule has 1 fully saturated rings. The summed E-state index contributed by atoms with van der Waals surface area (Å²) in [7, 11) is 0. The van der Waals surface area contributed by atoms with E-state index in [9.17, 15) is 0 Å². The molecule has 0 aromatic rings. The van der Waals surface area contributed by atoms with Crippen LogP contribution in [0.5, 0.6) is 0 Å². The molecule has 0 aliphatic heterocycles. The normalized spacial score (nSPS) is 28.1. The minimum Gasteiger partial charge on any atom is -0.396 e. The Balaban J connectivity index is 2.31. The SMILES string of the molecule is CCC(CCO)NC1CCC(C(C)(C)C)CC1. The van der Waals surface area contributed by atoms with Gasteiger partial charge in [0.05, 0.1) is 0 Å². The maximum Gasteiger partial charge on any atom is 0.0445 e. The molecule has 0 heterocycles. The van der Waals surface area contributed by atoms with Gasteiger partial charge in [-0.3, -0.25) is 0 Å². The Bertz CT molecular complexity index is 201. The fourth-order valence-corrected chi connectivity index (χ4v) is 3.02. The fourth-order valence-electron chi connectivity index (χ4n) is 3.02. The first kappa shape index (κ1) is 15.0. The molecular formula is C15H31NO. The van der Waals surface area contributed by atoms with Gasteiger partial charge in [0.1, 0.15) is 0 Å². The summed E-state index contributed by atoms with van der Waals surface area (Å²) in [6.45, 7) is 9.61. The zero-order chi connectivity index (χ0) is 12.9. The van der Waals surface area contributed by atoms with Crippen LogP contribution >= 0.6 is 0 Å². The van der Waals surface area contributed by atoms with Crippen molar-refractivity contribution in [1.29, 1.82) is 0 Å². The van der Waals surface area contributed by atoms with E-state index in [4.69, 9.17) is 5.11 Å². The molecule has 0 bridgehead atoms. The van der Waals surface area contributed by atoms with Gasteiger partial charge in [0.15, 0.2) is 0 Å². The van der Waals surface area contributed by atoms with Crippen molar-refractivity contribution in [3.63, 3.8) is 0 Å². The third kappa shape index (κ3) is 4.97. The molecule has 1 saturated carbocycles. The minimum absolute atomic E-state index is 0.308. The summed E-state index contributed by atoms with van der Waals surface area (Å²) in [5.74, 6) is 0.887. The number of aliphatic hydroxyl groups is 1. The van der Waals surface area contributed by atoms with Crippen molar-refractivity contribution in [2.45, 2.75) is 78.3 Å². The Labute approximate surface area is 107 Å². The van der Waals surface area contributed by atoms with Crippen LogP contribution < -0.4 is 5.32 Å². The van der Waals surface area contributed by atoms with Gasteiger partial charge in [-0.2, -0.15) is 0 Å². The van der Waals surface area contributed by atoms with Gasteiger partial charge in [0, 0.05) is 18.7 Å². The third-order valence-corrected chi connectivity index (χ3v) is 4.39. The first-order chi connectivity index (χ1) is 7.97. The smallest absolute Gasteiger partial charge is 0.0445 e. The molecule has 1 unspecified atom stereocenters. The van der Waals surface area contributed by atoms with E-state index in [-0.39, 0.29) is 0 Å². The molecule has 102 valence electrons. The van der Waals surface area contributed by atoms with E-state index in [1.165, 1.54) is 25.7 Å². The molecule has 2 heteroatoms. The molecule has 17 heavy (non-hydrogen) atoms. The van der Waals surface area contributed by atoms with E-state index in [1.807, 2.05) is 0 Å². The van der Waals surface area contributed by atoms with E-state index in [0.29, 0.717) is 24.1 Å².